The Kier molecular flexibility index (Phi) is 47.6. The zero-order valence-electron chi connectivity index (χ0n) is 42.5. The molecule has 0 aliphatic heterocycles. The highest BCUT2D eigenvalue weighted by molar-refractivity contribution is 5.71. The average Bonchev–Trinajstić information content (AvgIpc) is 3.26. The van der Waals surface area contributed by atoms with E-state index >= 15 is 0 Å². The van der Waals surface area contributed by atoms with Gasteiger partial charge in [0.2, 0.25) is 0 Å². The van der Waals surface area contributed by atoms with Crippen molar-refractivity contribution in [2.75, 3.05) is 13.2 Å². The summed E-state index contributed by atoms with van der Waals surface area (Å²) in [5.74, 6) is 0.858. The molecule has 0 N–H and O–H groups in total. The standard InChI is InChI=1S/C56H108O6/c1-6-8-9-10-11-12-13-14-15-16-20-26-31-36-41-46-54(57)60-49-53(62-56(59)48-43-38-33-28-23-22-25-30-35-40-45-52(5)7-2)50-61-55(58)47-42-37-32-27-21-18-17-19-24-29-34-39-44-51(3)4/h51-53H,6-50H2,1-5H3/t52?,53-/m0/s1. The molecule has 1 unspecified atom stereocenters. The van der Waals surface area contributed by atoms with E-state index in [0.717, 1.165) is 69.6 Å². The molecule has 6 nitrogen and oxygen atoms in total. The normalized spacial score (nSPS) is 12.5. The highest BCUT2D eigenvalue weighted by Crippen LogP contribution is 2.18. The van der Waals surface area contributed by atoms with Crippen molar-refractivity contribution in [1.82, 2.24) is 0 Å². The molecule has 0 aromatic rings. The molecule has 0 bridgehead atoms. The quantitative estimate of drug-likeness (QED) is 0.0344. The Bertz CT molecular complexity index is 949. The van der Waals surface area contributed by atoms with Crippen molar-refractivity contribution in [3.8, 4) is 0 Å². The van der Waals surface area contributed by atoms with Crippen LogP contribution in [-0.4, -0.2) is 37.2 Å². The van der Waals surface area contributed by atoms with Gasteiger partial charge in [-0.3, -0.25) is 14.4 Å². The van der Waals surface area contributed by atoms with Crippen LogP contribution in [-0.2, 0) is 28.6 Å². The van der Waals surface area contributed by atoms with Crippen LogP contribution in [0.2, 0.25) is 0 Å². The number of rotatable bonds is 50. The number of hydrogen-bond donors (Lipinski definition) is 0. The third-order valence-corrected chi connectivity index (χ3v) is 13.1. The third kappa shape index (κ3) is 47.9. The summed E-state index contributed by atoms with van der Waals surface area (Å²) < 4.78 is 16.9. The molecule has 0 radical (unpaired) electrons. The van der Waals surface area contributed by atoms with Crippen molar-refractivity contribution >= 4 is 17.9 Å². The first-order valence-corrected chi connectivity index (χ1v) is 27.8. The second kappa shape index (κ2) is 48.9. The SMILES string of the molecule is CCCCCCCCCCCCCCCCCC(=O)OC[C@@H](COC(=O)CCCCCCCCCCCCCCC(C)C)OC(=O)CCCCCCCCCCCCC(C)CC. The van der Waals surface area contributed by atoms with E-state index in [9.17, 15) is 14.4 Å². The van der Waals surface area contributed by atoms with Crippen LogP contribution in [0.1, 0.15) is 311 Å². The highest BCUT2D eigenvalue weighted by atomic mass is 16.6. The lowest BCUT2D eigenvalue weighted by molar-refractivity contribution is -0.167. The molecule has 0 saturated carbocycles. The van der Waals surface area contributed by atoms with E-state index in [2.05, 4.69) is 34.6 Å². The van der Waals surface area contributed by atoms with Gasteiger partial charge in [0.05, 0.1) is 0 Å². The zero-order valence-corrected chi connectivity index (χ0v) is 42.5. The summed E-state index contributed by atoms with van der Waals surface area (Å²) in [7, 11) is 0. The van der Waals surface area contributed by atoms with Crippen LogP contribution in [0.3, 0.4) is 0 Å². The molecule has 0 fully saturated rings. The lowest BCUT2D eigenvalue weighted by atomic mass is 9.99. The Morgan fingerprint density at radius 3 is 0.919 bits per heavy atom. The van der Waals surface area contributed by atoms with Crippen LogP contribution in [0.15, 0.2) is 0 Å². The number of carbonyl (C=O) groups is 3. The van der Waals surface area contributed by atoms with Gasteiger partial charge in [0.25, 0.3) is 0 Å². The average molecular weight is 877 g/mol. The molecule has 368 valence electrons. The predicted molar refractivity (Wildman–Crippen MR) is 266 cm³/mol. The minimum Gasteiger partial charge on any atom is -0.462 e. The summed E-state index contributed by atoms with van der Waals surface area (Å²) in [6.07, 6.45) is 50.8. The van der Waals surface area contributed by atoms with Gasteiger partial charge in [-0.15, -0.1) is 0 Å². The van der Waals surface area contributed by atoms with Crippen LogP contribution in [0.25, 0.3) is 0 Å². The minimum absolute atomic E-state index is 0.0631. The lowest BCUT2D eigenvalue weighted by Crippen LogP contribution is -2.30. The summed E-state index contributed by atoms with van der Waals surface area (Å²) in [6.45, 7) is 11.4. The van der Waals surface area contributed by atoms with E-state index in [1.807, 2.05) is 0 Å². The van der Waals surface area contributed by atoms with Crippen molar-refractivity contribution in [1.29, 1.82) is 0 Å². The van der Waals surface area contributed by atoms with Crippen molar-refractivity contribution in [3.05, 3.63) is 0 Å². The van der Waals surface area contributed by atoms with Gasteiger partial charge in [-0.05, 0) is 31.1 Å². The maximum Gasteiger partial charge on any atom is 0.306 e. The Morgan fingerprint density at radius 1 is 0.339 bits per heavy atom. The van der Waals surface area contributed by atoms with Crippen molar-refractivity contribution in [2.24, 2.45) is 11.8 Å². The smallest absolute Gasteiger partial charge is 0.306 e. The van der Waals surface area contributed by atoms with Crippen molar-refractivity contribution in [3.63, 3.8) is 0 Å². The first kappa shape index (κ1) is 60.4. The number of hydrogen-bond acceptors (Lipinski definition) is 6. The Balaban J connectivity index is 4.32. The molecule has 0 aromatic carbocycles. The summed E-state index contributed by atoms with van der Waals surface area (Å²) in [5, 5.41) is 0. The fraction of sp³-hybridized carbons (Fsp3) is 0.946. The Labute approximate surface area is 387 Å². The van der Waals surface area contributed by atoms with E-state index < -0.39 is 6.10 Å². The van der Waals surface area contributed by atoms with Gasteiger partial charge in [-0.1, -0.05) is 272 Å². The largest absolute Gasteiger partial charge is 0.462 e. The second-order valence-electron chi connectivity index (χ2n) is 19.9. The fourth-order valence-corrected chi connectivity index (χ4v) is 8.49. The van der Waals surface area contributed by atoms with Crippen molar-refractivity contribution < 1.29 is 28.6 Å². The second-order valence-corrected chi connectivity index (χ2v) is 19.9. The van der Waals surface area contributed by atoms with Gasteiger partial charge >= 0.3 is 17.9 Å². The molecule has 62 heavy (non-hydrogen) atoms. The van der Waals surface area contributed by atoms with Crippen LogP contribution < -0.4 is 0 Å². The highest BCUT2D eigenvalue weighted by Gasteiger charge is 2.19. The number of esters is 3. The van der Waals surface area contributed by atoms with Crippen molar-refractivity contribution in [2.45, 2.75) is 317 Å². The Morgan fingerprint density at radius 2 is 0.613 bits per heavy atom. The number of unbranched alkanes of at least 4 members (excludes halogenated alkanes) is 34. The summed E-state index contributed by atoms with van der Waals surface area (Å²) in [6, 6.07) is 0. The summed E-state index contributed by atoms with van der Waals surface area (Å²) in [5.41, 5.74) is 0. The van der Waals surface area contributed by atoms with Gasteiger partial charge < -0.3 is 14.2 Å². The third-order valence-electron chi connectivity index (χ3n) is 13.1. The van der Waals surface area contributed by atoms with Gasteiger partial charge in [-0.25, -0.2) is 0 Å². The van der Waals surface area contributed by atoms with E-state index in [4.69, 9.17) is 14.2 Å². The molecule has 0 spiro atoms. The molecule has 2 atom stereocenters. The van der Waals surface area contributed by atoms with Crippen LogP contribution in [0.5, 0.6) is 0 Å². The molecule has 0 heterocycles. The summed E-state index contributed by atoms with van der Waals surface area (Å²) in [4.78, 5) is 38.1. The monoisotopic (exact) mass is 877 g/mol. The Hall–Kier alpha value is -1.59. The number of ether oxygens (including phenoxy) is 3. The molecule has 0 saturated heterocycles. The van der Waals surface area contributed by atoms with Crippen LogP contribution in [0.4, 0.5) is 0 Å². The predicted octanol–water partition coefficient (Wildman–Crippen LogP) is 18.1. The zero-order chi connectivity index (χ0) is 45.4. The maximum atomic E-state index is 12.8. The van der Waals surface area contributed by atoms with E-state index in [0.29, 0.717) is 19.3 Å². The molecule has 0 aliphatic rings. The molecular formula is C56H108O6. The molecule has 0 aromatic heterocycles. The molecular weight excluding hydrogens is 769 g/mol. The molecule has 0 amide bonds. The van der Waals surface area contributed by atoms with Crippen LogP contribution in [0, 0.1) is 11.8 Å². The minimum atomic E-state index is -0.762. The van der Waals surface area contributed by atoms with Gasteiger partial charge in [0.1, 0.15) is 13.2 Å². The van der Waals surface area contributed by atoms with E-state index in [1.165, 1.54) is 199 Å². The first-order chi connectivity index (χ1) is 30.3. The molecule has 0 rings (SSSR count). The number of carbonyl (C=O) groups excluding carboxylic acids is 3. The van der Waals surface area contributed by atoms with Gasteiger partial charge in [0.15, 0.2) is 6.10 Å². The van der Waals surface area contributed by atoms with Gasteiger partial charge in [-0.2, -0.15) is 0 Å². The van der Waals surface area contributed by atoms with E-state index in [1.54, 1.807) is 0 Å². The lowest BCUT2D eigenvalue weighted by Gasteiger charge is -2.18. The van der Waals surface area contributed by atoms with Gasteiger partial charge in [0, 0.05) is 19.3 Å². The van der Waals surface area contributed by atoms with Crippen LogP contribution >= 0.6 is 0 Å². The molecule has 6 heteroatoms. The maximum absolute atomic E-state index is 12.8. The molecule has 0 aliphatic carbocycles. The fourth-order valence-electron chi connectivity index (χ4n) is 8.49. The van der Waals surface area contributed by atoms with E-state index in [-0.39, 0.29) is 31.1 Å². The summed E-state index contributed by atoms with van der Waals surface area (Å²) >= 11 is 0. The topological polar surface area (TPSA) is 78.9 Å². The first-order valence-electron chi connectivity index (χ1n) is 27.8.